The number of carbonyl (C=O) groups excluding carboxylic acids is 1. The summed E-state index contributed by atoms with van der Waals surface area (Å²) in [4.78, 5) is 16.4. The Kier molecular flexibility index (Phi) is 5.00. The van der Waals surface area contributed by atoms with Gasteiger partial charge < -0.3 is 4.84 Å². The molecule has 0 fully saturated rings. The van der Waals surface area contributed by atoms with Crippen LogP contribution in [0.4, 0.5) is 13.2 Å². The molecule has 0 aliphatic rings. The van der Waals surface area contributed by atoms with E-state index in [1.807, 2.05) is 0 Å². The molecule has 0 saturated carbocycles. The molecule has 11 heteroatoms. The molecule has 0 aliphatic carbocycles. The van der Waals surface area contributed by atoms with Gasteiger partial charge in [0.15, 0.2) is 5.75 Å². The van der Waals surface area contributed by atoms with Gasteiger partial charge in [0.25, 0.3) is 0 Å². The van der Waals surface area contributed by atoms with Crippen molar-refractivity contribution in [1.82, 2.24) is 25.7 Å². The number of aromatic nitrogens is 4. The van der Waals surface area contributed by atoms with Crippen LogP contribution in [0.1, 0.15) is 12.5 Å². The van der Waals surface area contributed by atoms with Gasteiger partial charge in [-0.25, -0.2) is 0 Å². The van der Waals surface area contributed by atoms with Crippen LogP contribution < -0.4 is 10.3 Å². The van der Waals surface area contributed by atoms with Gasteiger partial charge in [0.2, 0.25) is 5.91 Å². The molecule has 0 atom stereocenters. The lowest BCUT2D eigenvalue weighted by molar-refractivity contribution is -0.137. The van der Waals surface area contributed by atoms with Crippen molar-refractivity contribution in [2.24, 2.45) is 0 Å². The van der Waals surface area contributed by atoms with Crippen molar-refractivity contribution in [3.8, 4) is 22.6 Å². The molecule has 27 heavy (non-hydrogen) atoms. The van der Waals surface area contributed by atoms with Crippen LogP contribution in [-0.4, -0.2) is 26.1 Å². The zero-order chi connectivity index (χ0) is 19.6. The first-order chi connectivity index (χ1) is 12.8. The van der Waals surface area contributed by atoms with E-state index in [4.69, 9.17) is 16.4 Å². The number of hydroxylamine groups is 1. The first-order valence-corrected chi connectivity index (χ1v) is 7.82. The number of nitrogens with one attached hydrogen (secondary N) is 1. The molecule has 2 aromatic carbocycles. The monoisotopic (exact) mass is 397 g/mol. The molecule has 3 rings (SSSR count). The Labute approximate surface area is 155 Å². The highest BCUT2D eigenvalue weighted by atomic mass is 35.5. The van der Waals surface area contributed by atoms with Crippen molar-refractivity contribution < 1.29 is 22.8 Å². The molecule has 0 radical (unpaired) electrons. The Balaban J connectivity index is 2.25. The molecule has 1 amide bonds. The third-order valence-electron chi connectivity index (χ3n) is 3.47. The highest BCUT2D eigenvalue weighted by Gasteiger charge is 2.32. The van der Waals surface area contributed by atoms with Crippen LogP contribution in [0.15, 0.2) is 42.7 Å². The van der Waals surface area contributed by atoms with E-state index in [0.29, 0.717) is 5.69 Å². The van der Waals surface area contributed by atoms with Crippen molar-refractivity contribution >= 4 is 17.5 Å². The average molecular weight is 398 g/mol. The van der Waals surface area contributed by atoms with Gasteiger partial charge in [-0.05, 0) is 40.8 Å². The molecule has 1 heterocycles. The van der Waals surface area contributed by atoms with Crippen LogP contribution in [0.2, 0.25) is 5.02 Å². The molecule has 0 unspecified atom stereocenters. The lowest BCUT2D eigenvalue weighted by Crippen LogP contribution is -2.24. The predicted molar refractivity (Wildman–Crippen MR) is 89.0 cm³/mol. The molecular weight excluding hydrogens is 387 g/mol. The van der Waals surface area contributed by atoms with Crippen molar-refractivity contribution in [2.75, 3.05) is 0 Å². The second-order valence-electron chi connectivity index (χ2n) is 5.36. The summed E-state index contributed by atoms with van der Waals surface area (Å²) >= 11 is 6.18. The van der Waals surface area contributed by atoms with E-state index < -0.39 is 17.6 Å². The Morgan fingerprint density at radius 2 is 2.04 bits per heavy atom. The van der Waals surface area contributed by atoms with E-state index >= 15 is 0 Å². The van der Waals surface area contributed by atoms with Crippen molar-refractivity contribution in [3.05, 3.63) is 53.3 Å². The third kappa shape index (κ3) is 4.00. The SMILES string of the molecule is CC(=O)NOc1cccc(-n2cnnn2)c1-c1cc(C(F)(F)F)ccc1Cl. The number of alkyl halides is 3. The minimum Gasteiger partial charge on any atom is -0.379 e. The summed E-state index contributed by atoms with van der Waals surface area (Å²) in [5.74, 6) is -0.427. The summed E-state index contributed by atoms with van der Waals surface area (Å²) in [6.07, 6.45) is -3.30. The van der Waals surface area contributed by atoms with Crippen LogP contribution in [0.5, 0.6) is 5.75 Å². The molecule has 0 aliphatic heterocycles. The lowest BCUT2D eigenvalue weighted by Gasteiger charge is -2.17. The number of carbonyl (C=O) groups is 1. The Morgan fingerprint density at radius 3 is 2.67 bits per heavy atom. The number of hydrogen-bond donors (Lipinski definition) is 1. The molecule has 7 nitrogen and oxygen atoms in total. The number of tetrazole rings is 1. The van der Waals surface area contributed by atoms with Gasteiger partial charge in [-0.1, -0.05) is 17.7 Å². The van der Waals surface area contributed by atoms with Gasteiger partial charge in [-0.3, -0.25) is 4.79 Å². The quantitative estimate of drug-likeness (QED) is 0.682. The molecule has 1 aromatic heterocycles. The van der Waals surface area contributed by atoms with Crippen molar-refractivity contribution in [2.45, 2.75) is 13.1 Å². The van der Waals surface area contributed by atoms with Crippen molar-refractivity contribution in [3.63, 3.8) is 0 Å². The Bertz CT molecular complexity index is 977. The number of rotatable bonds is 4. The van der Waals surface area contributed by atoms with Gasteiger partial charge >= 0.3 is 6.18 Å². The summed E-state index contributed by atoms with van der Waals surface area (Å²) in [5, 5.41) is 10.9. The number of benzene rings is 2. The van der Waals surface area contributed by atoms with Gasteiger partial charge in [0.1, 0.15) is 6.33 Å². The van der Waals surface area contributed by atoms with Crippen molar-refractivity contribution in [1.29, 1.82) is 0 Å². The van der Waals surface area contributed by atoms with Gasteiger partial charge in [-0.15, -0.1) is 5.10 Å². The number of amides is 1. The maximum absolute atomic E-state index is 13.2. The summed E-state index contributed by atoms with van der Waals surface area (Å²) < 4.78 is 40.8. The fourth-order valence-corrected chi connectivity index (χ4v) is 2.57. The highest BCUT2D eigenvalue weighted by molar-refractivity contribution is 6.33. The maximum atomic E-state index is 13.2. The first-order valence-electron chi connectivity index (χ1n) is 7.44. The lowest BCUT2D eigenvalue weighted by atomic mass is 10.00. The third-order valence-corrected chi connectivity index (χ3v) is 3.80. The number of hydrogen-bond acceptors (Lipinski definition) is 5. The van der Waals surface area contributed by atoms with E-state index in [-0.39, 0.29) is 21.9 Å². The van der Waals surface area contributed by atoms with Crippen LogP contribution in [0.3, 0.4) is 0 Å². The van der Waals surface area contributed by atoms with E-state index in [9.17, 15) is 18.0 Å². The molecule has 0 bridgehead atoms. The van der Waals surface area contributed by atoms with E-state index in [1.54, 1.807) is 12.1 Å². The van der Waals surface area contributed by atoms with Gasteiger partial charge in [-0.2, -0.15) is 23.3 Å². The summed E-state index contributed by atoms with van der Waals surface area (Å²) in [6, 6.07) is 7.52. The Hall–Kier alpha value is -3.14. The summed E-state index contributed by atoms with van der Waals surface area (Å²) in [7, 11) is 0. The normalized spacial score (nSPS) is 11.3. The second kappa shape index (κ2) is 7.23. The minimum absolute atomic E-state index is 0.0398. The summed E-state index contributed by atoms with van der Waals surface area (Å²) in [5.41, 5.74) is 1.78. The second-order valence-corrected chi connectivity index (χ2v) is 5.76. The first kappa shape index (κ1) is 18.6. The molecular formula is C16H11ClF3N5O2. The zero-order valence-corrected chi connectivity index (χ0v) is 14.4. The molecule has 1 N–H and O–H groups in total. The van der Waals surface area contributed by atoms with Gasteiger partial charge in [0, 0.05) is 17.5 Å². The average Bonchev–Trinajstić information content (AvgIpc) is 3.13. The fourth-order valence-electron chi connectivity index (χ4n) is 2.36. The highest BCUT2D eigenvalue weighted by Crippen LogP contribution is 2.42. The standard InChI is InChI=1S/C16H11ClF3N5O2/c1-9(26)22-27-14-4-2-3-13(25-8-21-23-24-25)15(14)11-7-10(16(18,19)20)5-6-12(11)17/h2-8H,1H3,(H,22,26). The Morgan fingerprint density at radius 1 is 1.26 bits per heavy atom. The maximum Gasteiger partial charge on any atom is 0.416 e. The zero-order valence-electron chi connectivity index (χ0n) is 13.7. The van der Waals surface area contributed by atoms with Gasteiger partial charge in [0.05, 0.1) is 16.8 Å². The molecule has 140 valence electrons. The molecule has 0 spiro atoms. The smallest absolute Gasteiger partial charge is 0.379 e. The number of halogens is 4. The van der Waals surface area contributed by atoms with E-state index in [2.05, 4.69) is 21.0 Å². The number of nitrogens with zero attached hydrogens (tertiary/aromatic N) is 4. The van der Waals surface area contributed by atoms with Crippen LogP contribution >= 0.6 is 11.6 Å². The van der Waals surface area contributed by atoms with Crippen LogP contribution in [0.25, 0.3) is 16.8 Å². The van der Waals surface area contributed by atoms with E-state index in [1.165, 1.54) is 24.0 Å². The molecule has 0 saturated heterocycles. The topological polar surface area (TPSA) is 81.9 Å². The van der Waals surface area contributed by atoms with Crippen LogP contribution in [-0.2, 0) is 11.0 Å². The largest absolute Gasteiger partial charge is 0.416 e. The molecule has 3 aromatic rings. The van der Waals surface area contributed by atoms with E-state index in [0.717, 1.165) is 18.2 Å². The minimum atomic E-state index is -4.57. The fraction of sp³-hybridized carbons (Fsp3) is 0.125. The summed E-state index contributed by atoms with van der Waals surface area (Å²) in [6.45, 7) is 1.22. The van der Waals surface area contributed by atoms with Crippen LogP contribution in [0, 0.1) is 0 Å². The predicted octanol–water partition coefficient (Wildman–Crippen LogP) is 3.43.